The number of hydrogen-bond acceptors (Lipinski definition) is 18. The number of nitrogens with two attached hydrogens (primary N) is 1. The molecule has 3 heterocycles. The van der Waals surface area contributed by atoms with Crippen molar-refractivity contribution in [2.45, 2.75) is 83.7 Å². The highest BCUT2D eigenvalue weighted by molar-refractivity contribution is 7.61. The van der Waals surface area contributed by atoms with E-state index < -0.39 is 96.1 Å². The fraction of sp³-hybridized carbons (Fsp3) is 0.643. The van der Waals surface area contributed by atoms with E-state index in [1.54, 1.807) is 20.8 Å². The zero-order valence-electron chi connectivity index (χ0n) is 30.7. The Bertz CT molecular complexity index is 1880. The Kier molecular flexibility index (Phi) is 16.0. The van der Waals surface area contributed by atoms with Gasteiger partial charge in [0.1, 0.15) is 41.9 Å². The predicted molar refractivity (Wildman–Crippen MR) is 189 cm³/mol. The molecule has 0 aliphatic carbocycles. The van der Waals surface area contributed by atoms with Crippen LogP contribution in [0, 0.1) is 5.41 Å². The minimum atomic E-state index is -5.57. The number of nitrogens with zero attached hydrogens (tertiary/aromatic N) is 4. The summed E-state index contributed by atoms with van der Waals surface area (Å²) in [5.41, 5.74) is 3.60. The minimum Gasteiger partial charge on any atom is -0.457 e. The summed E-state index contributed by atoms with van der Waals surface area (Å²) < 4.78 is 67.2. The molecular formula is C28H46N7O18P3. The van der Waals surface area contributed by atoms with Crippen LogP contribution in [0.25, 0.3) is 11.2 Å². The second kappa shape index (κ2) is 19.0. The van der Waals surface area contributed by atoms with Gasteiger partial charge in [-0.15, -0.1) is 0 Å². The van der Waals surface area contributed by atoms with E-state index in [2.05, 4.69) is 34.4 Å². The van der Waals surface area contributed by atoms with Gasteiger partial charge >= 0.3 is 29.4 Å². The first kappa shape index (κ1) is 47.1. The maximum atomic E-state index is 12.7. The first-order valence-corrected chi connectivity index (χ1v) is 21.0. The van der Waals surface area contributed by atoms with E-state index >= 15 is 0 Å². The van der Waals surface area contributed by atoms with Gasteiger partial charge in [-0.25, -0.2) is 33.4 Å². The Morgan fingerprint density at radius 3 is 2.32 bits per heavy atom. The average molecular weight is 862 g/mol. The molecule has 0 saturated carbocycles. The number of aliphatic hydroxyl groups is 2. The number of amides is 2. The first-order valence-electron chi connectivity index (χ1n) is 16.5. The molecule has 25 nitrogen and oxygen atoms in total. The molecule has 0 aromatic carbocycles. The van der Waals surface area contributed by atoms with E-state index in [0.29, 0.717) is 6.42 Å². The molecule has 2 aromatic heterocycles. The van der Waals surface area contributed by atoms with Crippen molar-refractivity contribution in [2.75, 3.05) is 32.0 Å². The summed E-state index contributed by atoms with van der Waals surface area (Å²) in [5.74, 6) is -2.01. The smallest absolute Gasteiger partial charge is 0.457 e. The highest BCUT2D eigenvalue weighted by atomic mass is 31.3. The van der Waals surface area contributed by atoms with Crippen LogP contribution >= 0.6 is 23.5 Å². The molecule has 0 bridgehead atoms. The number of phosphoric ester groups is 3. The SMILES string of the molecule is CC(C)(C)OC(=O)/C=C/CCNC(=O)CCNC(=O)[C@H](O)C(C)(C)COP(=O)(O)OP(=O)(O)OC[C@H]1O[C@@H](n2cnc3c(N)ncnc32)[C@H](O)[C@@H]1OP(=O)(O)O. The molecule has 316 valence electrons. The number of rotatable bonds is 20. The lowest BCUT2D eigenvalue weighted by atomic mass is 9.87. The number of aliphatic hydroxyl groups excluding tert-OH is 2. The predicted octanol–water partition coefficient (Wildman–Crippen LogP) is -0.307. The largest absolute Gasteiger partial charge is 0.481 e. The molecule has 2 aromatic rings. The highest BCUT2D eigenvalue weighted by Gasteiger charge is 2.50. The molecule has 1 aliphatic rings. The number of esters is 1. The number of hydrogen-bond donors (Lipinski definition) is 9. The number of ether oxygens (including phenoxy) is 2. The highest BCUT2D eigenvalue weighted by Crippen LogP contribution is 2.61. The molecule has 10 N–H and O–H groups in total. The van der Waals surface area contributed by atoms with Crippen molar-refractivity contribution < 1.29 is 85.2 Å². The molecule has 2 amide bonds. The molecule has 7 atom stereocenters. The standard InChI is InChI=1S/C28H46N7O18P3/c1-27(2,3)51-18(37)8-6-7-10-30-17(36)9-11-31-25(40)22(39)28(4,5)13-49-56(46,47)53-55(44,45)48-12-16-21(52-54(41,42)43)20(38)26(50-16)35-15-34-19-23(29)32-14-33-24(19)35/h6,8,14-16,20-22,26,38-39H,7,9-13H2,1-5H3,(H,30,36)(H,31,40)(H,44,45)(H,46,47)(H2,29,32,33)(H2,41,42,43)/b8-6+/t16-,20-,21-,22+,26-/m1/s1. The van der Waals surface area contributed by atoms with Crippen LogP contribution in [0.5, 0.6) is 0 Å². The topological polar surface area (TPSA) is 373 Å². The zero-order valence-corrected chi connectivity index (χ0v) is 33.4. The number of fused-ring (bicyclic) bond motifs is 1. The molecular weight excluding hydrogens is 815 g/mol. The molecule has 1 aliphatic heterocycles. The monoisotopic (exact) mass is 861 g/mol. The van der Waals surface area contributed by atoms with Gasteiger partial charge in [0, 0.05) is 31.0 Å². The number of phosphoric acid groups is 3. The quantitative estimate of drug-likeness (QED) is 0.0357. The van der Waals surface area contributed by atoms with Gasteiger partial charge in [0.05, 0.1) is 19.5 Å². The van der Waals surface area contributed by atoms with E-state index in [4.69, 9.17) is 24.3 Å². The molecule has 1 fully saturated rings. The van der Waals surface area contributed by atoms with E-state index in [1.165, 1.54) is 26.0 Å². The molecule has 56 heavy (non-hydrogen) atoms. The van der Waals surface area contributed by atoms with Crippen LogP contribution in [-0.2, 0) is 55.4 Å². The van der Waals surface area contributed by atoms with Crippen molar-refractivity contribution in [1.82, 2.24) is 30.2 Å². The van der Waals surface area contributed by atoms with Gasteiger partial charge in [0.15, 0.2) is 17.7 Å². The van der Waals surface area contributed by atoms with Crippen molar-refractivity contribution in [3.8, 4) is 0 Å². The molecule has 3 rings (SSSR count). The number of imidazole rings is 1. The number of aromatic nitrogens is 4. The molecule has 2 unspecified atom stereocenters. The van der Waals surface area contributed by atoms with Gasteiger partial charge in [-0.3, -0.25) is 27.7 Å². The molecule has 0 spiro atoms. The summed E-state index contributed by atoms with van der Waals surface area (Å²) in [6.07, 6.45) is -3.86. The average Bonchev–Trinajstić information content (AvgIpc) is 3.61. The Balaban J connectivity index is 1.49. The molecule has 28 heteroatoms. The lowest BCUT2D eigenvalue weighted by Gasteiger charge is -2.30. The lowest BCUT2D eigenvalue weighted by molar-refractivity contribution is -0.148. The van der Waals surface area contributed by atoms with Crippen molar-refractivity contribution >= 4 is 58.2 Å². The van der Waals surface area contributed by atoms with Gasteiger partial charge in [-0.2, -0.15) is 4.31 Å². The van der Waals surface area contributed by atoms with Crippen molar-refractivity contribution in [3.05, 3.63) is 24.8 Å². The fourth-order valence-corrected chi connectivity index (χ4v) is 7.58. The first-order chi connectivity index (χ1) is 25.7. The molecule has 0 radical (unpaired) electrons. The fourth-order valence-electron chi connectivity index (χ4n) is 4.75. The van der Waals surface area contributed by atoms with Crippen molar-refractivity contribution in [3.63, 3.8) is 0 Å². The summed E-state index contributed by atoms with van der Waals surface area (Å²) in [6.45, 7) is 5.61. The van der Waals surface area contributed by atoms with Crippen LogP contribution in [0.2, 0.25) is 0 Å². The Labute approximate surface area is 319 Å². The van der Waals surface area contributed by atoms with Gasteiger partial charge in [0.2, 0.25) is 11.8 Å². The third kappa shape index (κ3) is 14.6. The van der Waals surface area contributed by atoms with Gasteiger partial charge in [0.25, 0.3) is 0 Å². The second-order valence-electron chi connectivity index (χ2n) is 13.8. The van der Waals surface area contributed by atoms with E-state index in [1.807, 2.05) is 0 Å². The third-order valence-electron chi connectivity index (χ3n) is 7.37. The summed E-state index contributed by atoms with van der Waals surface area (Å²) in [7, 11) is -16.4. The van der Waals surface area contributed by atoms with E-state index in [0.717, 1.165) is 17.2 Å². The van der Waals surface area contributed by atoms with Crippen molar-refractivity contribution in [1.29, 1.82) is 0 Å². The normalized spacial score (nSPS) is 22.1. The number of nitrogens with one attached hydrogen (secondary N) is 2. The number of carbonyl (C=O) groups excluding carboxylic acids is 3. The minimum absolute atomic E-state index is 0.0279. The number of nitrogen functional groups attached to an aromatic ring is 1. The molecule has 1 saturated heterocycles. The summed E-state index contributed by atoms with van der Waals surface area (Å²) >= 11 is 0. The zero-order chi connectivity index (χ0) is 42.3. The second-order valence-corrected chi connectivity index (χ2v) is 18.0. The van der Waals surface area contributed by atoms with Crippen LogP contribution in [0.3, 0.4) is 0 Å². The Morgan fingerprint density at radius 2 is 1.68 bits per heavy atom. The van der Waals surface area contributed by atoms with Crippen LogP contribution in [0.4, 0.5) is 5.82 Å². The van der Waals surface area contributed by atoms with Crippen molar-refractivity contribution in [2.24, 2.45) is 5.41 Å². The van der Waals surface area contributed by atoms with Gasteiger partial charge in [-0.05, 0) is 27.2 Å². The van der Waals surface area contributed by atoms with Crippen LogP contribution < -0.4 is 16.4 Å². The number of carbonyl (C=O) groups is 3. The maximum absolute atomic E-state index is 12.7. The van der Waals surface area contributed by atoms with Gasteiger partial charge in [-0.1, -0.05) is 19.9 Å². The Hall–Kier alpha value is -3.25. The van der Waals surface area contributed by atoms with E-state index in [-0.39, 0.29) is 36.5 Å². The van der Waals surface area contributed by atoms with E-state index in [9.17, 15) is 57.9 Å². The lowest BCUT2D eigenvalue weighted by Crippen LogP contribution is -2.46. The van der Waals surface area contributed by atoms with Crippen LogP contribution in [0.1, 0.15) is 53.7 Å². The number of anilines is 1. The van der Waals surface area contributed by atoms with Crippen LogP contribution in [0.15, 0.2) is 24.8 Å². The Morgan fingerprint density at radius 1 is 1.02 bits per heavy atom. The maximum Gasteiger partial charge on any atom is 0.481 e. The summed E-state index contributed by atoms with van der Waals surface area (Å²) in [4.78, 5) is 87.2. The van der Waals surface area contributed by atoms with Gasteiger partial charge < -0.3 is 55.6 Å². The summed E-state index contributed by atoms with van der Waals surface area (Å²) in [6, 6.07) is 0. The summed E-state index contributed by atoms with van der Waals surface area (Å²) in [5, 5.41) is 26.3. The third-order valence-corrected chi connectivity index (χ3v) is 10.5. The van der Waals surface area contributed by atoms with Crippen LogP contribution in [-0.4, -0.2) is 123 Å².